The highest BCUT2D eigenvalue weighted by Crippen LogP contribution is 2.21. The van der Waals surface area contributed by atoms with Gasteiger partial charge in [0.05, 0.1) is 4.90 Å². The molecule has 0 unspecified atom stereocenters. The monoisotopic (exact) mass is 252 g/mol. The van der Waals surface area contributed by atoms with E-state index in [4.69, 9.17) is 12.2 Å². The maximum absolute atomic E-state index is 12.0. The number of nitrogen functional groups attached to an aromatic ring is 1. The highest BCUT2D eigenvalue weighted by molar-refractivity contribution is 7.89. The molecule has 0 aliphatic rings. The number of anilines is 1. The van der Waals surface area contributed by atoms with Crippen LogP contribution in [0.5, 0.6) is 0 Å². The van der Waals surface area contributed by atoms with Crippen LogP contribution in [0.4, 0.5) is 5.69 Å². The zero-order valence-electron chi connectivity index (χ0n) is 9.95. The number of aryl methyl sites for hydroxylation is 1. The average molecular weight is 252 g/mol. The number of hydrogen-bond donors (Lipinski definition) is 2. The minimum Gasteiger partial charge on any atom is -0.399 e. The van der Waals surface area contributed by atoms with Crippen LogP contribution in [0.1, 0.15) is 17.5 Å². The second-order valence-electron chi connectivity index (χ2n) is 3.81. The van der Waals surface area contributed by atoms with E-state index >= 15 is 0 Å². The van der Waals surface area contributed by atoms with Crippen molar-refractivity contribution < 1.29 is 8.42 Å². The van der Waals surface area contributed by atoms with E-state index in [2.05, 4.69) is 10.6 Å². The van der Waals surface area contributed by atoms with E-state index in [-0.39, 0.29) is 11.4 Å². The average Bonchev–Trinajstić information content (AvgIpc) is 2.23. The van der Waals surface area contributed by atoms with Crippen LogP contribution in [-0.4, -0.2) is 15.0 Å². The van der Waals surface area contributed by atoms with Crippen molar-refractivity contribution in [2.75, 3.05) is 12.3 Å². The molecule has 0 fully saturated rings. The summed E-state index contributed by atoms with van der Waals surface area (Å²) in [4.78, 5) is 0.215. The molecule has 0 radical (unpaired) electrons. The summed E-state index contributed by atoms with van der Waals surface area (Å²) in [6, 6.07) is 3.20. The van der Waals surface area contributed by atoms with Gasteiger partial charge in [-0.05, 0) is 37.1 Å². The Labute approximate surface area is 102 Å². The van der Waals surface area contributed by atoms with Gasteiger partial charge in [0.15, 0.2) is 0 Å². The van der Waals surface area contributed by atoms with E-state index in [1.807, 2.05) is 6.92 Å². The van der Waals surface area contributed by atoms with Gasteiger partial charge in [-0.2, -0.15) is 0 Å². The lowest BCUT2D eigenvalue weighted by molar-refractivity contribution is 0.581. The first kappa shape index (κ1) is 13.6. The van der Waals surface area contributed by atoms with Crippen LogP contribution >= 0.6 is 0 Å². The molecule has 0 spiro atoms. The van der Waals surface area contributed by atoms with E-state index in [9.17, 15) is 8.42 Å². The highest BCUT2D eigenvalue weighted by Gasteiger charge is 2.17. The molecule has 0 aliphatic carbocycles. The second kappa shape index (κ2) is 5.21. The van der Waals surface area contributed by atoms with E-state index in [0.717, 1.165) is 5.56 Å². The van der Waals surface area contributed by atoms with Gasteiger partial charge in [-0.25, -0.2) is 13.1 Å². The normalized spacial score (nSPS) is 11.1. The van der Waals surface area contributed by atoms with Gasteiger partial charge in [-0.15, -0.1) is 12.3 Å². The van der Waals surface area contributed by atoms with Crippen molar-refractivity contribution in [3.63, 3.8) is 0 Å². The maximum atomic E-state index is 12.0. The minimum absolute atomic E-state index is 0.215. The van der Waals surface area contributed by atoms with Crippen molar-refractivity contribution >= 4 is 15.7 Å². The fraction of sp³-hybridized carbons (Fsp3) is 0.333. The molecule has 3 N–H and O–H groups in total. The number of rotatable bonds is 4. The van der Waals surface area contributed by atoms with Gasteiger partial charge in [0.1, 0.15) is 0 Å². The third-order valence-corrected chi connectivity index (χ3v) is 4.08. The summed E-state index contributed by atoms with van der Waals surface area (Å²) < 4.78 is 26.4. The molecule has 0 heterocycles. The zero-order valence-corrected chi connectivity index (χ0v) is 10.8. The fourth-order valence-electron chi connectivity index (χ4n) is 1.47. The Balaban J connectivity index is 3.12. The van der Waals surface area contributed by atoms with Gasteiger partial charge in [0.2, 0.25) is 10.0 Å². The summed E-state index contributed by atoms with van der Waals surface area (Å²) in [6.45, 7) is 3.81. The molecule has 5 heteroatoms. The van der Waals surface area contributed by atoms with Gasteiger partial charge in [0.25, 0.3) is 0 Å². The van der Waals surface area contributed by atoms with E-state index in [0.29, 0.717) is 17.7 Å². The first-order chi connectivity index (χ1) is 7.88. The summed E-state index contributed by atoms with van der Waals surface area (Å²) in [5.41, 5.74) is 7.64. The van der Waals surface area contributed by atoms with Crippen molar-refractivity contribution in [3.05, 3.63) is 23.3 Å². The van der Waals surface area contributed by atoms with Crippen molar-refractivity contribution in [2.45, 2.75) is 25.2 Å². The Bertz CT molecular complexity index is 557. The smallest absolute Gasteiger partial charge is 0.240 e. The fourth-order valence-corrected chi connectivity index (χ4v) is 2.85. The Morgan fingerprint density at radius 3 is 2.65 bits per heavy atom. The number of hydrogen-bond acceptors (Lipinski definition) is 3. The van der Waals surface area contributed by atoms with Crippen LogP contribution in [0, 0.1) is 26.2 Å². The predicted octanol–water partition coefficient (Wildman–Crippen LogP) is 1.19. The summed E-state index contributed by atoms with van der Waals surface area (Å²) in [5, 5.41) is 0. The van der Waals surface area contributed by atoms with Gasteiger partial charge in [-0.1, -0.05) is 0 Å². The molecular formula is C12H16N2O2S. The summed E-state index contributed by atoms with van der Waals surface area (Å²) in [6.07, 6.45) is 5.43. The first-order valence-electron chi connectivity index (χ1n) is 5.18. The number of nitrogens with one attached hydrogen (secondary N) is 1. The van der Waals surface area contributed by atoms with Crippen LogP contribution in [0.25, 0.3) is 0 Å². The predicted molar refractivity (Wildman–Crippen MR) is 69.0 cm³/mol. The molecule has 0 aromatic heterocycles. The SMILES string of the molecule is C#CCCNS(=O)(=O)c1cc(N)cc(C)c1C. The molecule has 4 nitrogen and oxygen atoms in total. The standard InChI is InChI=1S/C12H16N2O2S/c1-4-5-6-14-17(15,16)12-8-11(13)7-9(2)10(12)3/h1,7-8,14H,5-6,13H2,2-3H3. The summed E-state index contributed by atoms with van der Waals surface area (Å²) >= 11 is 0. The molecule has 0 saturated carbocycles. The van der Waals surface area contributed by atoms with Crippen LogP contribution < -0.4 is 10.5 Å². The molecule has 0 atom stereocenters. The first-order valence-corrected chi connectivity index (χ1v) is 6.66. The Hall–Kier alpha value is -1.51. The van der Waals surface area contributed by atoms with Crippen molar-refractivity contribution in [3.8, 4) is 12.3 Å². The van der Waals surface area contributed by atoms with Crippen molar-refractivity contribution in [2.24, 2.45) is 0 Å². The van der Waals surface area contributed by atoms with Gasteiger partial charge in [0, 0.05) is 18.7 Å². The maximum Gasteiger partial charge on any atom is 0.240 e. The zero-order chi connectivity index (χ0) is 13.1. The number of benzene rings is 1. The van der Waals surface area contributed by atoms with Crippen LogP contribution in [0.15, 0.2) is 17.0 Å². The lowest BCUT2D eigenvalue weighted by Crippen LogP contribution is -2.25. The van der Waals surface area contributed by atoms with Crippen LogP contribution in [0.2, 0.25) is 0 Å². The Morgan fingerprint density at radius 1 is 1.41 bits per heavy atom. The van der Waals surface area contributed by atoms with Crippen molar-refractivity contribution in [1.82, 2.24) is 4.72 Å². The summed E-state index contributed by atoms with van der Waals surface area (Å²) in [5.74, 6) is 2.38. The molecule has 92 valence electrons. The number of terminal acetylenes is 1. The number of sulfonamides is 1. The largest absolute Gasteiger partial charge is 0.399 e. The Kier molecular flexibility index (Phi) is 4.16. The molecule has 1 rings (SSSR count). The van der Waals surface area contributed by atoms with E-state index < -0.39 is 10.0 Å². The molecule has 17 heavy (non-hydrogen) atoms. The third kappa shape index (κ3) is 3.22. The van der Waals surface area contributed by atoms with E-state index in [1.54, 1.807) is 13.0 Å². The Morgan fingerprint density at radius 2 is 2.06 bits per heavy atom. The molecular weight excluding hydrogens is 236 g/mol. The highest BCUT2D eigenvalue weighted by atomic mass is 32.2. The van der Waals surface area contributed by atoms with Crippen LogP contribution in [0.3, 0.4) is 0 Å². The van der Waals surface area contributed by atoms with Gasteiger partial charge in [-0.3, -0.25) is 0 Å². The molecule has 1 aromatic rings. The minimum atomic E-state index is -3.53. The quantitative estimate of drug-likeness (QED) is 0.480. The lowest BCUT2D eigenvalue weighted by atomic mass is 10.1. The molecule has 0 aliphatic heterocycles. The lowest BCUT2D eigenvalue weighted by Gasteiger charge is -2.11. The molecule has 0 saturated heterocycles. The van der Waals surface area contributed by atoms with Crippen molar-refractivity contribution in [1.29, 1.82) is 0 Å². The van der Waals surface area contributed by atoms with Gasteiger partial charge < -0.3 is 5.73 Å². The molecule has 0 bridgehead atoms. The van der Waals surface area contributed by atoms with E-state index in [1.165, 1.54) is 6.07 Å². The number of nitrogens with two attached hydrogens (primary N) is 1. The van der Waals surface area contributed by atoms with Crippen LogP contribution in [-0.2, 0) is 10.0 Å². The topological polar surface area (TPSA) is 72.2 Å². The molecule has 0 amide bonds. The second-order valence-corrected chi connectivity index (χ2v) is 5.55. The molecule has 1 aromatic carbocycles. The third-order valence-electron chi connectivity index (χ3n) is 2.49. The summed E-state index contributed by atoms with van der Waals surface area (Å²) in [7, 11) is -3.53. The van der Waals surface area contributed by atoms with Gasteiger partial charge >= 0.3 is 0 Å².